The predicted molar refractivity (Wildman–Crippen MR) is 129 cm³/mol. The van der Waals surface area contributed by atoms with E-state index >= 15 is 0 Å². The van der Waals surface area contributed by atoms with Gasteiger partial charge in [-0.3, -0.25) is 4.79 Å². The number of nitrogens with one attached hydrogen (secondary N) is 2. The Hall–Kier alpha value is -2.35. The maximum Gasteiger partial charge on any atom is 0.223 e. The molecule has 3 aromatic rings. The van der Waals surface area contributed by atoms with Crippen LogP contribution in [0.4, 0.5) is 10.3 Å². The molecule has 2 N–H and O–H groups in total. The van der Waals surface area contributed by atoms with Gasteiger partial charge in [0.1, 0.15) is 5.82 Å². The van der Waals surface area contributed by atoms with Gasteiger partial charge in [0.05, 0.1) is 33.7 Å². The quantitative estimate of drug-likeness (QED) is 0.533. The molecule has 0 spiro atoms. The second-order valence-electron chi connectivity index (χ2n) is 8.80. The van der Waals surface area contributed by atoms with Gasteiger partial charge in [0.2, 0.25) is 11.9 Å². The number of aromatic nitrogens is 2. The molecular formula is C24H25Cl2FN4O2. The summed E-state index contributed by atoms with van der Waals surface area (Å²) in [6, 6.07) is 6.76. The van der Waals surface area contributed by atoms with Crippen LogP contribution in [0, 0.1) is 18.7 Å². The van der Waals surface area contributed by atoms with Crippen LogP contribution in [0.2, 0.25) is 10.0 Å². The van der Waals surface area contributed by atoms with Gasteiger partial charge in [-0.2, -0.15) is 0 Å². The Bertz CT molecular complexity index is 1200. The van der Waals surface area contributed by atoms with Crippen LogP contribution in [0.3, 0.4) is 0 Å². The normalized spacial score (nSPS) is 19.4. The van der Waals surface area contributed by atoms with E-state index in [0.29, 0.717) is 58.9 Å². The highest BCUT2D eigenvalue weighted by Gasteiger charge is 2.29. The molecule has 0 saturated carbocycles. The van der Waals surface area contributed by atoms with Crippen LogP contribution in [0.5, 0.6) is 0 Å². The molecule has 0 unspecified atom stereocenters. The Kier molecular flexibility index (Phi) is 6.20. The molecule has 2 aliphatic heterocycles. The van der Waals surface area contributed by atoms with Gasteiger partial charge in [0, 0.05) is 31.2 Å². The van der Waals surface area contributed by atoms with E-state index in [1.54, 1.807) is 25.1 Å². The van der Waals surface area contributed by atoms with Crippen molar-refractivity contribution < 1.29 is 13.9 Å². The van der Waals surface area contributed by atoms with Gasteiger partial charge in [-0.05, 0) is 55.5 Å². The molecule has 3 heterocycles. The first-order chi connectivity index (χ1) is 15.9. The fourth-order valence-corrected chi connectivity index (χ4v) is 5.07. The Labute approximate surface area is 201 Å². The van der Waals surface area contributed by atoms with Gasteiger partial charge in [-0.25, -0.2) is 9.37 Å². The van der Waals surface area contributed by atoms with Crippen molar-refractivity contribution in [3.63, 3.8) is 0 Å². The van der Waals surface area contributed by atoms with Crippen molar-refractivity contribution in [3.8, 4) is 11.1 Å². The van der Waals surface area contributed by atoms with Crippen molar-refractivity contribution in [1.29, 1.82) is 0 Å². The zero-order valence-corrected chi connectivity index (χ0v) is 19.8. The highest BCUT2D eigenvalue weighted by Crippen LogP contribution is 2.40. The fourth-order valence-electron chi connectivity index (χ4n) is 4.62. The van der Waals surface area contributed by atoms with E-state index in [9.17, 15) is 9.18 Å². The van der Waals surface area contributed by atoms with E-state index in [4.69, 9.17) is 32.9 Å². The highest BCUT2D eigenvalue weighted by molar-refractivity contribution is 6.45. The lowest BCUT2D eigenvalue weighted by molar-refractivity contribution is -0.126. The van der Waals surface area contributed by atoms with E-state index < -0.39 is 0 Å². The van der Waals surface area contributed by atoms with Crippen LogP contribution < -0.4 is 10.2 Å². The minimum absolute atomic E-state index is 0.00660. The summed E-state index contributed by atoms with van der Waals surface area (Å²) >= 11 is 13.0. The summed E-state index contributed by atoms with van der Waals surface area (Å²) in [5.41, 5.74) is 3.41. The monoisotopic (exact) mass is 490 g/mol. The Morgan fingerprint density at radius 2 is 2.03 bits per heavy atom. The number of fused-ring (bicyclic) bond motifs is 1. The summed E-state index contributed by atoms with van der Waals surface area (Å²) < 4.78 is 19.2. The minimum atomic E-state index is -0.275. The molecule has 2 aliphatic rings. The number of amides is 1. The predicted octanol–water partition coefficient (Wildman–Crippen LogP) is 5.11. The third kappa shape index (κ3) is 4.42. The van der Waals surface area contributed by atoms with Crippen LogP contribution in [0.15, 0.2) is 24.3 Å². The Morgan fingerprint density at radius 1 is 1.24 bits per heavy atom. The number of hydrogen-bond donors (Lipinski definition) is 2. The molecule has 2 saturated heterocycles. The standard InChI is InChI=1S/C24H25Cl2FN4O2/c1-13-10-15(2-3-18(13)27)20-21(26)17(25)11-19-22(20)30-24(29-19)31-7-4-14(5-8-31)23(32)28-16-6-9-33-12-16/h2-3,10-11,14,16H,4-9,12H2,1H3,(H,28,32)(H,29,30)/t16-/m1/s1. The summed E-state index contributed by atoms with van der Waals surface area (Å²) in [4.78, 5) is 22.9. The molecule has 0 radical (unpaired) electrons. The van der Waals surface area contributed by atoms with Crippen molar-refractivity contribution in [1.82, 2.24) is 15.3 Å². The lowest BCUT2D eigenvalue weighted by atomic mass is 9.95. The average molecular weight is 491 g/mol. The maximum atomic E-state index is 13.8. The zero-order valence-electron chi connectivity index (χ0n) is 18.3. The number of imidazole rings is 1. The number of benzene rings is 2. The topological polar surface area (TPSA) is 70.2 Å². The number of aryl methyl sites for hydroxylation is 1. The number of aromatic amines is 1. The Balaban J connectivity index is 1.38. The summed E-state index contributed by atoms with van der Waals surface area (Å²) in [6.45, 7) is 4.45. The smallest absolute Gasteiger partial charge is 0.223 e. The molecule has 0 bridgehead atoms. The number of nitrogens with zero attached hydrogens (tertiary/aromatic N) is 2. The van der Waals surface area contributed by atoms with Gasteiger partial charge in [0.25, 0.3) is 0 Å². The van der Waals surface area contributed by atoms with Crippen LogP contribution >= 0.6 is 23.2 Å². The molecule has 9 heteroatoms. The van der Waals surface area contributed by atoms with Crippen molar-refractivity contribution in [2.45, 2.75) is 32.2 Å². The molecule has 174 valence electrons. The number of H-pyrrole nitrogens is 1. The largest absolute Gasteiger partial charge is 0.379 e. The molecule has 2 aromatic carbocycles. The minimum Gasteiger partial charge on any atom is -0.379 e. The molecule has 5 rings (SSSR count). The van der Waals surface area contributed by atoms with Crippen LogP contribution in [-0.4, -0.2) is 48.2 Å². The van der Waals surface area contributed by atoms with E-state index in [-0.39, 0.29) is 23.7 Å². The lowest BCUT2D eigenvalue weighted by Crippen LogP contribution is -2.44. The summed E-state index contributed by atoms with van der Waals surface area (Å²) in [6.07, 6.45) is 2.38. The molecule has 1 atom stereocenters. The second-order valence-corrected chi connectivity index (χ2v) is 9.58. The fraction of sp³-hybridized carbons (Fsp3) is 0.417. The first-order valence-corrected chi connectivity index (χ1v) is 11.9. The van der Waals surface area contributed by atoms with E-state index in [1.165, 1.54) is 6.07 Å². The molecule has 2 fully saturated rings. The molecule has 1 amide bonds. The lowest BCUT2D eigenvalue weighted by Gasteiger charge is -2.31. The van der Waals surface area contributed by atoms with Crippen LogP contribution in [-0.2, 0) is 9.53 Å². The number of piperidine rings is 1. The third-order valence-electron chi connectivity index (χ3n) is 6.54. The summed E-state index contributed by atoms with van der Waals surface area (Å²) in [5, 5.41) is 3.90. The number of rotatable bonds is 4. The second kappa shape index (κ2) is 9.12. The highest BCUT2D eigenvalue weighted by atomic mass is 35.5. The van der Waals surface area contributed by atoms with Crippen LogP contribution in [0.1, 0.15) is 24.8 Å². The molecule has 33 heavy (non-hydrogen) atoms. The van der Waals surface area contributed by atoms with E-state index in [1.807, 2.05) is 0 Å². The SMILES string of the molecule is Cc1cc(-c2c(Cl)c(Cl)cc3[nH]c(N4CCC(C(=O)N[C@@H]5CCOC5)CC4)nc23)ccc1F. The van der Waals surface area contributed by atoms with E-state index in [0.717, 1.165) is 30.3 Å². The van der Waals surface area contributed by atoms with Gasteiger partial charge in [-0.1, -0.05) is 29.3 Å². The summed E-state index contributed by atoms with van der Waals surface area (Å²) in [7, 11) is 0. The van der Waals surface area contributed by atoms with Crippen molar-refractivity contribution in [2.75, 3.05) is 31.2 Å². The number of carbonyl (C=O) groups excluding carboxylic acids is 1. The van der Waals surface area contributed by atoms with Crippen molar-refractivity contribution >= 4 is 46.1 Å². The van der Waals surface area contributed by atoms with Crippen molar-refractivity contribution in [2.24, 2.45) is 5.92 Å². The number of hydrogen-bond acceptors (Lipinski definition) is 4. The summed E-state index contributed by atoms with van der Waals surface area (Å²) in [5.74, 6) is 0.546. The first-order valence-electron chi connectivity index (χ1n) is 11.2. The van der Waals surface area contributed by atoms with Gasteiger partial charge >= 0.3 is 0 Å². The van der Waals surface area contributed by atoms with Gasteiger partial charge < -0.3 is 19.9 Å². The number of carbonyl (C=O) groups is 1. The number of halogens is 3. The van der Waals surface area contributed by atoms with Gasteiger partial charge in [0.15, 0.2) is 0 Å². The molecular weight excluding hydrogens is 466 g/mol. The number of anilines is 1. The van der Waals surface area contributed by atoms with Crippen molar-refractivity contribution in [3.05, 3.63) is 45.7 Å². The molecule has 0 aliphatic carbocycles. The first kappa shape index (κ1) is 22.4. The average Bonchev–Trinajstić information content (AvgIpc) is 3.46. The molecule has 6 nitrogen and oxygen atoms in total. The third-order valence-corrected chi connectivity index (χ3v) is 7.33. The van der Waals surface area contributed by atoms with Gasteiger partial charge in [-0.15, -0.1) is 0 Å². The maximum absolute atomic E-state index is 13.8. The van der Waals surface area contributed by atoms with E-state index in [2.05, 4.69) is 15.2 Å². The van der Waals surface area contributed by atoms with Crippen LogP contribution in [0.25, 0.3) is 22.2 Å². The molecule has 1 aromatic heterocycles. The number of ether oxygens (including phenoxy) is 1. The zero-order chi connectivity index (χ0) is 23.1. The Morgan fingerprint density at radius 3 is 2.73 bits per heavy atom.